The maximum absolute atomic E-state index is 8.69. The number of hydrogen-bond donors (Lipinski definition) is 3. The zero-order chi connectivity index (χ0) is 14.1. The minimum absolute atomic E-state index is 0.221. The Morgan fingerprint density at radius 3 is 2.84 bits per heavy atom. The molecule has 1 aliphatic heterocycles. The predicted octanol–water partition coefficient (Wildman–Crippen LogP) is 2.09. The van der Waals surface area contributed by atoms with Gasteiger partial charge in [-0.1, -0.05) is 25.4 Å². The Balaban J connectivity index is 2.01. The van der Waals surface area contributed by atoms with Crippen LogP contribution < -0.4 is 11.1 Å². The van der Waals surface area contributed by atoms with Crippen molar-refractivity contribution in [1.29, 1.82) is 0 Å². The number of amidine groups is 1. The third kappa shape index (κ3) is 6.25. The van der Waals surface area contributed by atoms with Crippen LogP contribution in [0, 0.1) is 5.41 Å². The monoisotopic (exact) mass is 271 g/mol. The molecule has 1 heterocycles. The normalized spacial score (nSPS) is 21.6. The van der Waals surface area contributed by atoms with Crippen molar-refractivity contribution in [2.45, 2.75) is 58.5 Å². The Morgan fingerprint density at radius 2 is 2.21 bits per heavy atom. The summed E-state index contributed by atoms with van der Waals surface area (Å²) in [5.74, 6) is 0.316. The van der Waals surface area contributed by atoms with E-state index in [-0.39, 0.29) is 5.41 Å². The number of hydrogen-bond acceptors (Lipinski definition) is 4. The molecule has 5 heteroatoms. The third-order valence-corrected chi connectivity index (χ3v) is 3.85. The lowest BCUT2D eigenvalue weighted by molar-refractivity contribution is 0.0170. The summed E-state index contributed by atoms with van der Waals surface area (Å²) >= 11 is 0. The molecule has 5 nitrogen and oxygen atoms in total. The second kappa shape index (κ2) is 8.38. The van der Waals surface area contributed by atoms with Gasteiger partial charge in [0.05, 0.1) is 6.10 Å². The van der Waals surface area contributed by atoms with Gasteiger partial charge in [0.25, 0.3) is 0 Å². The van der Waals surface area contributed by atoms with Crippen LogP contribution in [0.4, 0.5) is 0 Å². The van der Waals surface area contributed by atoms with E-state index in [2.05, 4.69) is 10.5 Å². The SMILES string of the molecule is CC(C)(CCCCNCC1CCCCO1)C(N)=NO. The van der Waals surface area contributed by atoms with Crippen LogP contribution in [0.25, 0.3) is 0 Å². The van der Waals surface area contributed by atoms with Crippen LogP contribution in [0.2, 0.25) is 0 Å². The minimum atomic E-state index is -0.221. The van der Waals surface area contributed by atoms with E-state index in [0.717, 1.165) is 39.0 Å². The summed E-state index contributed by atoms with van der Waals surface area (Å²) in [5, 5.41) is 15.2. The van der Waals surface area contributed by atoms with Gasteiger partial charge in [0.15, 0.2) is 0 Å². The molecule has 19 heavy (non-hydrogen) atoms. The third-order valence-electron chi connectivity index (χ3n) is 3.85. The van der Waals surface area contributed by atoms with E-state index >= 15 is 0 Å². The number of unbranched alkanes of at least 4 members (excludes halogenated alkanes) is 1. The molecule has 1 aliphatic rings. The van der Waals surface area contributed by atoms with Crippen molar-refractivity contribution in [2.75, 3.05) is 19.7 Å². The van der Waals surface area contributed by atoms with E-state index in [4.69, 9.17) is 15.7 Å². The number of oxime groups is 1. The molecule has 112 valence electrons. The van der Waals surface area contributed by atoms with E-state index in [1.165, 1.54) is 19.3 Å². The van der Waals surface area contributed by atoms with Crippen LogP contribution in [-0.4, -0.2) is 36.8 Å². The summed E-state index contributed by atoms with van der Waals surface area (Å²) in [6.45, 7) is 6.90. The molecule has 1 unspecified atom stereocenters. The smallest absolute Gasteiger partial charge is 0.144 e. The van der Waals surface area contributed by atoms with Gasteiger partial charge in [-0.2, -0.15) is 0 Å². The largest absolute Gasteiger partial charge is 0.409 e. The van der Waals surface area contributed by atoms with Crippen LogP contribution in [0.5, 0.6) is 0 Å². The first-order valence-corrected chi connectivity index (χ1v) is 7.36. The molecule has 0 amide bonds. The number of nitrogens with zero attached hydrogens (tertiary/aromatic N) is 1. The average Bonchev–Trinajstić information content (AvgIpc) is 2.42. The van der Waals surface area contributed by atoms with Gasteiger partial charge in [0.2, 0.25) is 0 Å². The van der Waals surface area contributed by atoms with Gasteiger partial charge >= 0.3 is 0 Å². The number of nitrogens with one attached hydrogen (secondary N) is 1. The lowest BCUT2D eigenvalue weighted by atomic mass is 9.86. The molecule has 1 saturated heterocycles. The summed E-state index contributed by atoms with van der Waals surface area (Å²) in [5.41, 5.74) is 5.44. The van der Waals surface area contributed by atoms with Gasteiger partial charge in [-0.25, -0.2) is 0 Å². The number of ether oxygens (including phenoxy) is 1. The van der Waals surface area contributed by atoms with Gasteiger partial charge in [-0.05, 0) is 38.6 Å². The highest BCUT2D eigenvalue weighted by molar-refractivity contribution is 5.85. The molecular formula is C14H29N3O2. The molecule has 1 rings (SSSR count). The summed E-state index contributed by atoms with van der Waals surface area (Å²) < 4.78 is 5.66. The fourth-order valence-electron chi connectivity index (χ4n) is 2.31. The van der Waals surface area contributed by atoms with Gasteiger partial charge in [0.1, 0.15) is 5.84 Å². The Hall–Kier alpha value is -0.810. The molecule has 0 spiro atoms. The zero-order valence-electron chi connectivity index (χ0n) is 12.3. The van der Waals surface area contributed by atoms with Gasteiger partial charge in [-0.15, -0.1) is 0 Å². The maximum Gasteiger partial charge on any atom is 0.144 e. The van der Waals surface area contributed by atoms with E-state index in [9.17, 15) is 0 Å². The van der Waals surface area contributed by atoms with Crippen LogP contribution in [0.15, 0.2) is 5.16 Å². The van der Waals surface area contributed by atoms with E-state index in [0.29, 0.717) is 11.9 Å². The second-order valence-electron chi connectivity index (χ2n) is 6.02. The molecule has 0 aromatic carbocycles. The Bertz CT molecular complexity index is 274. The Kier molecular flexibility index (Phi) is 7.16. The van der Waals surface area contributed by atoms with Crippen molar-refractivity contribution < 1.29 is 9.94 Å². The van der Waals surface area contributed by atoms with Gasteiger partial charge in [-0.3, -0.25) is 0 Å². The van der Waals surface area contributed by atoms with E-state index < -0.39 is 0 Å². The first kappa shape index (κ1) is 16.2. The fraction of sp³-hybridized carbons (Fsp3) is 0.929. The summed E-state index contributed by atoms with van der Waals surface area (Å²) in [4.78, 5) is 0. The lowest BCUT2D eigenvalue weighted by Gasteiger charge is -2.24. The predicted molar refractivity (Wildman–Crippen MR) is 77.5 cm³/mol. The van der Waals surface area contributed by atoms with E-state index in [1.807, 2.05) is 13.8 Å². The first-order valence-electron chi connectivity index (χ1n) is 7.36. The van der Waals surface area contributed by atoms with Gasteiger partial charge < -0.3 is 21.0 Å². The van der Waals surface area contributed by atoms with Crippen molar-refractivity contribution in [3.05, 3.63) is 0 Å². The summed E-state index contributed by atoms with van der Waals surface area (Å²) in [6, 6.07) is 0. The highest BCUT2D eigenvalue weighted by atomic mass is 16.5. The molecule has 0 aromatic rings. The van der Waals surface area contributed by atoms with Crippen LogP contribution in [0.3, 0.4) is 0 Å². The van der Waals surface area contributed by atoms with Crippen LogP contribution in [-0.2, 0) is 4.74 Å². The van der Waals surface area contributed by atoms with Crippen molar-refractivity contribution >= 4 is 5.84 Å². The molecule has 0 radical (unpaired) electrons. The van der Waals surface area contributed by atoms with Crippen molar-refractivity contribution in [2.24, 2.45) is 16.3 Å². The minimum Gasteiger partial charge on any atom is -0.409 e. The van der Waals surface area contributed by atoms with Gasteiger partial charge in [0, 0.05) is 18.6 Å². The quantitative estimate of drug-likeness (QED) is 0.208. The highest BCUT2D eigenvalue weighted by Gasteiger charge is 2.22. The zero-order valence-corrected chi connectivity index (χ0v) is 12.3. The summed E-state index contributed by atoms with van der Waals surface area (Å²) in [6.07, 6.45) is 7.20. The molecule has 0 bridgehead atoms. The Morgan fingerprint density at radius 1 is 1.42 bits per heavy atom. The molecule has 0 saturated carbocycles. The second-order valence-corrected chi connectivity index (χ2v) is 6.02. The standard InChI is InChI=1S/C14H29N3O2/c1-14(2,13(15)17-18)8-4-5-9-16-11-12-7-3-6-10-19-12/h12,16,18H,3-11H2,1-2H3,(H2,15,17). The molecule has 0 aliphatic carbocycles. The first-order chi connectivity index (χ1) is 9.06. The molecule has 0 aromatic heterocycles. The maximum atomic E-state index is 8.69. The summed E-state index contributed by atoms with van der Waals surface area (Å²) in [7, 11) is 0. The lowest BCUT2D eigenvalue weighted by Crippen LogP contribution is -2.33. The van der Waals surface area contributed by atoms with E-state index in [1.54, 1.807) is 0 Å². The van der Waals surface area contributed by atoms with Crippen LogP contribution in [0.1, 0.15) is 52.4 Å². The molecular weight excluding hydrogens is 242 g/mol. The van der Waals surface area contributed by atoms with Crippen molar-refractivity contribution in [1.82, 2.24) is 5.32 Å². The van der Waals surface area contributed by atoms with Crippen LogP contribution >= 0.6 is 0 Å². The van der Waals surface area contributed by atoms with Crippen molar-refractivity contribution in [3.8, 4) is 0 Å². The molecule has 1 fully saturated rings. The fourth-order valence-corrected chi connectivity index (χ4v) is 2.31. The highest BCUT2D eigenvalue weighted by Crippen LogP contribution is 2.23. The Labute approximate surface area is 116 Å². The van der Waals surface area contributed by atoms with Crippen molar-refractivity contribution in [3.63, 3.8) is 0 Å². The topological polar surface area (TPSA) is 79.9 Å². The molecule has 1 atom stereocenters. The number of rotatable bonds is 8. The number of nitrogens with two attached hydrogens (primary N) is 1. The molecule has 4 N–H and O–H groups in total. The average molecular weight is 271 g/mol.